The van der Waals surface area contributed by atoms with E-state index in [0.29, 0.717) is 13.1 Å². The third-order valence-corrected chi connectivity index (χ3v) is 3.74. The van der Waals surface area contributed by atoms with E-state index in [-0.39, 0.29) is 36.5 Å². The highest BCUT2D eigenvalue weighted by molar-refractivity contribution is 5.85. The lowest BCUT2D eigenvalue weighted by Crippen LogP contribution is -2.41. The SMILES string of the molecule is CN(CCOc1ccccc1F)C(=O)CN1CCCNCC1.Cl. The van der Waals surface area contributed by atoms with Crippen LogP contribution < -0.4 is 10.1 Å². The standard InChI is InChI=1S/C16H24FN3O2.ClH/c1-19(11-12-22-15-6-3-2-5-14(15)17)16(21)13-20-9-4-7-18-8-10-20;/h2-3,5-6,18H,4,7-13H2,1H3;1H. The molecule has 1 saturated heterocycles. The van der Waals surface area contributed by atoms with Gasteiger partial charge in [-0.25, -0.2) is 4.39 Å². The Hall–Kier alpha value is -1.37. The van der Waals surface area contributed by atoms with Crippen LogP contribution in [0, 0.1) is 5.82 Å². The van der Waals surface area contributed by atoms with E-state index in [1.807, 2.05) is 0 Å². The summed E-state index contributed by atoms with van der Waals surface area (Å²) in [6.07, 6.45) is 1.06. The minimum absolute atomic E-state index is 0. The van der Waals surface area contributed by atoms with Crippen LogP contribution in [-0.2, 0) is 4.79 Å². The van der Waals surface area contributed by atoms with Crippen LogP contribution in [0.1, 0.15) is 6.42 Å². The molecule has 2 rings (SSSR count). The Morgan fingerprint density at radius 3 is 2.91 bits per heavy atom. The summed E-state index contributed by atoms with van der Waals surface area (Å²) in [6.45, 7) is 4.93. The van der Waals surface area contributed by atoms with Crippen LogP contribution in [0.3, 0.4) is 0 Å². The fourth-order valence-corrected chi connectivity index (χ4v) is 2.35. The molecule has 0 aliphatic carbocycles. The van der Waals surface area contributed by atoms with Crippen molar-refractivity contribution in [3.63, 3.8) is 0 Å². The second kappa shape index (κ2) is 10.4. The number of hydrogen-bond acceptors (Lipinski definition) is 4. The maximum Gasteiger partial charge on any atom is 0.236 e. The van der Waals surface area contributed by atoms with E-state index in [2.05, 4.69) is 10.2 Å². The fourth-order valence-electron chi connectivity index (χ4n) is 2.35. The van der Waals surface area contributed by atoms with E-state index in [1.165, 1.54) is 6.07 Å². The minimum Gasteiger partial charge on any atom is -0.489 e. The highest BCUT2D eigenvalue weighted by Gasteiger charge is 2.15. The molecule has 0 bridgehead atoms. The van der Waals surface area contributed by atoms with Gasteiger partial charge < -0.3 is 15.0 Å². The molecular weight excluding hydrogens is 321 g/mol. The number of ether oxygens (including phenoxy) is 1. The predicted octanol–water partition coefficient (Wildman–Crippen LogP) is 1.38. The molecule has 0 radical (unpaired) electrons. The molecule has 1 heterocycles. The molecular formula is C16H25ClFN3O2. The van der Waals surface area contributed by atoms with Crippen LogP contribution in [-0.4, -0.2) is 68.6 Å². The largest absolute Gasteiger partial charge is 0.489 e. The van der Waals surface area contributed by atoms with E-state index < -0.39 is 0 Å². The van der Waals surface area contributed by atoms with Gasteiger partial charge in [0.2, 0.25) is 5.91 Å². The van der Waals surface area contributed by atoms with Crippen molar-refractivity contribution in [2.45, 2.75) is 6.42 Å². The molecule has 1 aliphatic rings. The molecule has 1 aliphatic heterocycles. The van der Waals surface area contributed by atoms with Gasteiger partial charge in [0.15, 0.2) is 11.6 Å². The highest BCUT2D eigenvalue weighted by atomic mass is 35.5. The van der Waals surface area contributed by atoms with Gasteiger partial charge in [0.1, 0.15) is 6.61 Å². The van der Waals surface area contributed by atoms with Crippen LogP contribution in [0.2, 0.25) is 0 Å². The van der Waals surface area contributed by atoms with Gasteiger partial charge in [-0.1, -0.05) is 12.1 Å². The van der Waals surface area contributed by atoms with Crippen LogP contribution in [0.4, 0.5) is 4.39 Å². The normalized spacial score (nSPS) is 15.4. The number of carbonyl (C=O) groups is 1. The number of likely N-dealkylation sites (N-methyl/N-ethyl adjacent to an activating group) is 1. The van der Waals surface area contributed by atoms with Crippen molar-refractivity contribution < 1.29 is 13.9 Å². The van der Waals surface area contributed by atoms with Crippen molar-refractivity contribution in [3.05, 3.63) is 30.1 Å². The summed E-state index contributed by atoms with van der Waals surface area (Å²) in [7, 11) is 1.75. The van der Waals surface area contributed by atoms with E-state index in [1.54, 1.807) is 30.1 Å². The third-order valence-electron chi connectivity index (χ3n) is 3.74. The van der Waals surface area contributed by atoms with Crippen LogP contribution in [0.5, 0.6) is 5.75 Å². The predicted molar refractivity (Wildman–Crippen MR) is 90.7 cm³/mol. The number of nitrogens with one attached hydrogen (secondary N) is 1. The molecule has 1 N–H and O–H groups in total. The second-order valence-corrected chi connectivity index (χ2v) is 5.47. The lowest BCUT2D eigenvalue weighted by molar-refractivity contribution is -0.131. The molecule has 0 spiro atoms. The fraction of sp³-hybridized carbons (Fsp3) is 0.562. The van der Waals surface area contributed by atoms with Gasteiger partial charge in [-0.2, -0.15) is 0 Å². The Labute approximate surface area is 143 Å². The number of halogens is 2. The summed E-state index contributed by atoms with van der Waals surface area (Å²) in [5.74, 6) is -0.0884. The van der Waals surface area contributed by atoms with Crippen LogP contribution >= 0.6 is 12.4 Å². The molecule has 7 heteroatoms. The molecule has 1 aromatic rings. The van der Waals surface area contributed by atoms with E-state index in [0.717, 1.165) is 32.6 Å². The summed E-state index contributed by atoms with van der Waals surface area (Å²) >= 11 is 0. The number of para-hydroxylation sites is 1. The third kappa shape index (κ3) is 6.72. The molecule has 130 valence electrons. The summed E-state index contributed by atoms with van der Waals surface area (Å²) in [5, 5.41) is 3.32. The first kappa shape index (κ1) is 19.7. The van der Waals surface area contributed by atoms with Crippen molar-refractivity contribution in [2.75, 3.05) is 52.9 Å². The molecule has 23 heavy (non-hydrogen) atoms. The highest BCUT2D eigenvalue weighted by Crippen LogP contribution is 2.14. The molecule has 0 atom stereocenters. The van der Waals surface area contributed by atoms with Gasteiger partial charge in [-0.05, 0) is 31.6 Å². The maximum atomic E-state index is 13.4. The molecule has 0 unspecified atom stereocenters. The Balaban J connectivity index is 0.00000264. The van der Waals surface area contributed by atoms with Gasteiger partial charge >= 0.3 is 0 Å². The van der Waals surface area contributed by atoms with E-state index in [9.17, 15) is 9.18 Å². The van der Waals surface area contributed by atoms with Crippen molar-refractivity contribution in [1.29, 1.82) is 0 Å². The number of benzene rings is 1. The van der Waals surface area contributed by atoms with Crippen molar-refractivity contribution in [2.24, 2.45) is 0 Å². The molecule has 1 amide bonds. The summed E-state index contributed by atoms with van der Waals surface area (Å²) in [6, 6.07) is 6.29. The minimum atomic E-state index is -0.381. The number of carbonyl (C=O) groups excluding carboxylic acids is 1. The zero-order valence-corrected chi connectivity index (χ0v) is 14.3. The topological polar surface area (TPSA) is 44.8 Å². The zero-order chi connectivity index (χ0) is 15.8. The Morgan fingerprint density at radius 2 is 2.13 bits per heavy atom. The van der Waals surface area contributed by atoms with Crippen molar-refractivity contribution in [1.82, 2.24) is 15.1 Å². The second-order valence-electron chi connectivity index (χ2n) is 5.47. The Bertz CT molecular complexity index is 482. The summed E-state index contributed by atoms with van der Waals surface area (Å²) in [5.41, 5.74) is 0. The summed E-state index contributed by atoms with van der Waals surface area (Å²) in [4.78, 5) is 16.0. The van der Waals surface area contributed by atoms with E-state index in [4.69, 9.17) is 4.74 Å². The molecule has 1 fully saturated rings. The van der Waals surface area contributed by atoms with Gasteiger partial charge in [0.25, 0.3) is 0 Å². The first-order chi connectivity index (χ1) is 10.7. The lowest BCUT2D eigenvalue weighted by Gasteiger charge is -2.23. The van der Waals surface area contributed by atoms with Gasteiger partial charge in [0, 0.05) is 20.1 Å². The van der Waals surface area contributed by atoms with Crippen LogP contribution in [0.15, 0.2) is 24.3 Å². The van der Waals surface area contributed by atoms with Gasteiger partial charge in [0.05, 0.1) is 13.1 Å². The summed E-state index contributed by atoms with van der Waals surface area (Å²) < 4.78 is 18.8. The van der Waals surface area contributed by atoms with Crippen molar-refractivity contribution >= 4 is 18.3 Å². The average molecular weight is 346 g/mol. The number of nitrogens with zero attached hydrogens (tertiary/aromatic N) is 2. The molecule has 0 saturated carbocycles. The molecule has 0 aromatic heterocycles. The van der Waals surface area contributed by atoms with Gasteiger partial charge in [-0.3, -0.25) is 9.69 Å². The van der Waals surface area contributed by atoms with Crippen molar-refractivity contribution in [3.8, 4) is 5.75 Å². The first-order valence-corrected chi connectivity index (χ1v) is 7.71. The quantitative estimate of drug-likeness (QED) is 0.846. The smallest absolute Gasteiger partial charge is 0.236 e. The monoisotopic (exact) mass is 345 g/mol. The average Bonchev–Trinajstić information content (AvgIpc) is 2.77. The number of amides is 1. The van der Waals surface area contributed by atoms with E-state index >= 15 is 0 Å². The first-order valence-electron chi connectivity index (χ1n) is 7.71. The molecule has 5 nitrogen and oxygen atoms in total. The molecule has 1 aromatic carbocycles. The lowest BCUT2D eigenvalue weighted by atomic mass is 10.3. The van der Waals surface area contributed by atoms with Crippen LogP contribution in [0.25, 0.3) is 0 Å². The Morgan fingerprint density at radius 1 is 1.35 bits per heavy atom. The Kier molecular flexibility index (Phi) is 8.91. The maximum absolute atomic E-state index is 13.4. The number of hydrogen-bond donors (Lipinski definition) is 1. The van der Waals surface area contributed by atoms with Gasteiger partial charge in [-0.15, -0.1) is 12.4 Å². The zero-order valence-electron chi connectivity index (χ0n) is 13.5. The number of rotatable bonds is 6.